The molecule has 1 aliphatic rings. The Hall–Kier alpha value is -2.74. The van der Waals surface area contributed by atoms with Crippen molar-refractivity contribution in [2.75, 3.05) is 4.90 Å². The highest BCUT2D eigenvalue weighted by atomic mass is 35.5. The van der Waals surface area contributed by atoms with Crippen molar-refractivity contribution in [3.05, 3.63) is 71.8 Å². The lowest BCUT2D eigenvalue weighted by atomic mass is 10.1. The molecule has 0 radical (unpaired) electrons. The minimum Gasteiger partial charge on any atom is -0.274 e. The normalized spacial score (nSPS) is 18.0. The zero-order valence-corrected chi connectivity index (χ0v) is 19.3. The lowest BCUT2D eigenvalue weighted by Crippen LogP contribution is -2.49. The van der Waals surface area contributed by atoms with Gasteiger partial charge in [-0.3, -0.25) is 9.59 Å². The highest BCUT2D eigenvalue weighted by molar-refractivity contribution is 7.89. The van der Waals surface area contributed by atoms with Crippen LogP contribution < -0.4 is 4.90 Å². The van der Waals surface area contributed by atoms with Crippen molar-refractivity contribution in [1.82, 2.24) is 4.31 Å². The second-order valence-corrected chi connectivity index (χ2v) is 10.1. The Bertz CT molecular complexity index is 1290. The molecule has 166 valence electrons. The molecule has 0 bridgehead atoms. The van der Waals surface area contributed by atoms with Gasteiger partial charge in [-0.15, -0.1) is 0 Å². The summed E-state index contributed by atoms with van der Waals surface area (Å²) in [5, 5.41) is 2.18. The quantitative estimate of drug-likeness (QED) is 0.493. The first-order valence-corrected chi connectivity index (χ1v) is 12.2. The maximum Gasteiger partial charge on any atom is 0.252 e. The van der Waals surface area contributed by atoms with Crippen LogP contribution in [0.5, 0.6) is 0 Å². The third-order valence-electron chi connectivity index (χ3n) is 5.84. The van der Waals surface area contributed by atoms with E-state index >= 15 is 0 Å². The first-order valence-electron chi connectivity index (χ1n) is 10.4. The van der Waals surface area contributed by atoms with Crippen LogP contribution in [0.2, 0.25) is 5.02 Å². The molecule has 6 nitrogen and oxygen atoms in total. The van der Waals surface area contributed by atoms with E-state index in [1.54, 1.807) is 49.4 Å². The molecule has 0 aliphatic carbocycles. The van der Waals surface area contributed by atoms with Gasteiger partial charge >= 0.3 is 0 Å². The third-order valence-corrected chi connectivity index (χ3v) is 8.11. The van der Waals surface area contributed by atoms with Gasteiger partial charge in [-0.25, -0.2) is 13.3 Å². The average Bonchev–Trinajstić information content (AvgIpc) is 3.07. The Morgan fingerprint density at radius 2 is 1.69 bits per heavy atom. The summed E-state index contributed by atoms with van der Waals surface area (Å²) in [6.45, 7) is 3.60. The molecule has 8 heteroatoms. The molecule has 0 saturated carbocycles. The van der Waals surface area contributed by atoms with E-state index in [4.69, 9.17) is 11.6 Å². The second kappa shape index (κ2) is 8.65. The van der Waals surface area contributed by atoms with Crippen LogP contribution in [0.25, 0.3) is 10.8 Å². The zero-order chi connectivity index (χ0) is 23.0. The summed E-state index contributed by atoms with van der Waals surface area (Å²) in [7, 11) is -4.04. The molecule has 1 saturated heterocycles. The molecule has 2 unspecified atom stereocenters. The van der Waals surface area contributed by atoms with Crippen LogP contribution in [-0.2, 0) is 19.6 Å². The largest absolute Gasteiger partial charge is 0.274 e. The van der Waals surface area contributed by atoms with Gasteiger partial charge in [0.15, 0.2) is 0 Å². The van der Waals surface area contributed by atoms with Crippen molar-refractivity contribution in [2.24, 2.45) is 0 Å². The molecular weight excluding hydrogens is 448 g/mol. The molecule has 1 heterocycles. The number of rotatable bonds is 6. The van der Waals surface area contributed by atoms with Crippen molar-refractivity contribution in [2.45, 2.75) is 43.7 Å². The highest BCUT2D eigenvalue weighted by Gasteiger charge is 2.48. The summed E-state index contributed by atoms with van der Waals surface area (Å²) in [4.78, 5) is 27.3. The summed E-state index contributed by atoms with van der Waals surface area (Å²) in [5.74, 6) is -0.994. The van der Waals surface area contributed by atoms with Crippen LogP contribution in [0.1, 0.15) is 26.7 Å². The molecule has 1 aliphatic heterocycles. The van der Waals surface area contributed by atoms with Crippen LogP contribution in [-0.4, -0.2) is 36.6 Å². The molecule has 2 atom stereocenters. The SMILES string of the molecule is CCC(C)N(C1CC(=O)N(c2ccc(Cl)cc2)C1=O)S(=O)(=O)c1ccc2ccccc2c1. The van der Waals surface area contributed by atoms with E-state index in [1.165, 1.54) is 4.31 Å². The number of carbonyl (C=O) groups excluding carboxylic acids is 2. The van der Waals surface area contributed by atoms with Crippen LogP contribution in [0, 0.1) is 0 Å². The lowest BCUT2D eigenvalue weighted by molar-refractivity contribution is -0.122. The van der Waals surface area contributed by atoms with Crippen molar-refractivity contribution < 1.29 is 18.0 Å². The number of fused-ring (bicyclic) bond motifs is 1. The van der Waals surface area contributed by atoms with E-state index in [2.05, 4.69) is 0 Å². The Kier molecular flexibility index (Phi) is 6.07. The molecular formula is C24H23ClN2O4S. The van der Waals surface area contributed by atoms with E-state index < -0.39 is 33.9 Å². The Balaban J connectivity index is 1.75. The smallest absolute Gasteiger partial charge is 0.252 e. The molecule has 3 aromatic rings. The second-order valence-electron chi connectivity index (χ2n) is 7.86. The number of imide groups is 1. The monoisotopic (exact) mass is 470 g/mol. The Labute approximate surface area is 192 Å². The number of benzene rings is 3. The van der Waals surface area contributed by atoms with Crippen molar-refractivity contribution in [1.29, 1.82) is 0 Å². The van der Waals surface area contributed by atoms with Crippen LogP contribution in [0.4, 0.5) is 5.69 Å². The molecule has 4 rings (SSSR count). The van der Waals surface area contributed by atoms with E-state index in [9.17, 15) is 18.0 Å². The first kappa shape index (κ1) is 22.5. The van der Waals surface area contributed by atoms with Gasteiger partial charge in [-0.05, 0) is 60.5 Å². The van der Waals surface area contributed by atoms with Crippen molar-refractivity contribution >= 4 is 49.9 Å². The maximum atomic E-state index is 13.7. The molecule has 1 fully saturated rings. The predicted molar refractivity (Wildman–Crippen MR) is 125 cm³/mol. The van der Waals surface area contributed by atoms with Crippen molar-refractivity contribution in [3.8, 4) is 0 Å². The van der Waals surface area contributed by atoms with Gasteiger partial charge in [0.05, 0.1) is 17.0 Å². The fourth-order valence-corrected chi connectivity index (χ4v) is 6.03. The Morgan fingerprint density at radius 3 is 2.34 bits per heavy atom. The minimum absolute atomic E-state index is 0.0988. The molecule has 0 aromatic heterocycles. The number of hydrogen-bond acceptors (Lipinski definition) is 4. The average molecular weight is 471 g/mol. The van der Waals surface area contributed by atoms with Gasteiger partial charge in [-0.2, -0.15) is 4.31 Å². The number of hydrogen-bond donors (Lipinski definition) is 0. The minimum atomic E-state index is -4.04. The number of carbonyl (C=O) groups is 2. The van der Waals surface area contributed by atoms with E-state index in [0.717, 1.165) is 15.7 Å². The van der Waals surface area contributed by atoms with Gasteiger partial charge in [0.1, 0.15) is 6.04 Å². The van der Waals surface area contributed by atoms with E-state index in [-0.39, 0.29) is 11.3 Å². The summed E-state index contributed by atoms with van der Waals surface area (Å²) in [6, 6.07) is 17.1. The number of nitrogens with zero attached hydrogens (tertiary/aromatic N) is 2. The Morgan fingerprint density at radius 1 is 1.03 bits per heavy atom. The van der Waals surface area contributed by atoms with Gasteiger partial charge in [0.2, 0.25) is 15.9 Å². The number of amides is 2. The number of sulfonamides is 1. The first-order chi connectivity index (χ1) is 15.2. The molecule has 2 amide bonds. The summed E-state index contributed by atoms with van der Waals surface area (Å²) in [5.41, 5.74) is 0.374. The number of halogens is 1. The summed E-state index contributed by atoms with van der Waals surface area (Å²) in [6.07, 6.45) is 0.282. The van der Waals surface area contributed by atoms with Crippen LogP contribution >= 0.6 is 11.6 Å². The van der Waals surface area contributed by atoms with E-state index in [0.29, 0.717) is 17.1 Å². The van der Waals surface area contributed by atoms with Gasteiger partial charge < -0.3 is 0 Å². The standard InChI is InChI=1S/C24H23ClN2O4S/c1-3-16(2)27(32(30,31)21-13-8-17-6-4-5-7-18(17)14-21)22-15-23(28)26(24(22)29)20-11-9-19(25)10-12-20/h4-14,16,22H,3,15H2,1-2H3. The lowest BCUT2D eigenvalue weighted by Gasteiger charge is -2.31. The van der Waals surface area contributed by atoms with Gasteiger partial charge in [0, 0.05) is 11.1 Å². The molecule has 0 spiro atoms. The maximum absolute atomic E-state index is 13.7. The van der Waals surface area contributed by atoms with Crippen LogP contribution in [0.15, 0.2) is 71.6 Å². The molecule has 0 N–H and O–H groups in total. The van der Waals surface area contributed by atoms with Crippen molar-refractivity contribution in [3.63, 3.8) is 0 Å². The summed E-state index contributed by atoms with van der Waals surface area (Å²) < 4.78 is 28.7. The fourth-order valence-electron chi connectivity index (χ4n) is 4.02. The van der Waals surface area contributed by atoms with Gasteiger partial charge in [-0.1, -0.05) is 48.9 Å². The van der Waals surface area contributed by atoms with Crippen LogP contribution in [0.3, 0.4) is 0 Å². The van der Waals surface area contributed by atoms with E-state index in [1.807, 2.05) is 31.2 Å². The highest BCUT2D eigenvalue weighted by Crippen LogP contribution is 2.32. The molecule has 3 aromatic carbocycles. The summed E-state index contributed by atoms with van der Waals surface area (Å²) >= 11 is 5.92. The third kappa shape index (κ3) is 3.92. The predicted octanol–water partition coefficient (Wildman–Crippen LogP) is 4.61. The van der Waals surface area contributed by atoms with Gasteiger partial charge in [0.25, 0.3) is 5.91 Å². The topological polar surface area (TPSA) is 74.8 Å². The molecule has 32 heavy (non-hydrogen) atoms. The zero-order valence-electron chi connectivity index (χ0n) is 17.7. The fraction of sp³-hybridized carbons (Fsp3) is 0.250. The number of anilines is 1.